The highest BCUT2D eigenvalue weighted by molar-refractivity contribution is 5.68. The maximum atomic E-state index is 11.9. The van der Waals surface area contributed by atoms with Gasteiger partial charge in [-0.15, -0.1) is 0 Å². The summed E-state index contributed by atoms with van der Waals surface area (Å²) in [6.07, 6.45) is -0.441. The monoisotopic (exact) mass is 294 g/mol. The van der Waals surface area contributed by atoms with Crippen molar-refractivity contribution in [3.63, 3.8) is 0 Å². The number of hydrogen-bond acceptors (Lipinski definition) is 4. The minimum absolute atomic E-state index is 0.0473. The first kappa shape index (κ1) is 17.3. The first-order valence-electron chi connectivity index (χ1n) is 7.18. The number of carbonyl (C=O) groups excluding carboxylic acids is 1. The molecule has 5 heteroatoms. The summed E-state index contributed by atoms with van der Waals surface area (Å²) >= 11 is 0. The fourth-order valence-corrected chi connectivity index (χ4v) is 1.84. The second kappa shape index (κ2) is 7.31. The second-order valence-electron chi connectivity index (χ2n) is 6.14. The van der Waals surface area contributed by atoms with E-state index in [1.54, 1.807) is 0 Å². The lowest BCUT2D eigenvalue weighted by Gasteiger charge is -2.24. The molecule has 1 atom stereocenters. The van der Waals surface area contributed by atoms with Crippen LogP contribution < -0.4 is 15.8 Å². The minimum Gasteiger partial charge on any atom is -0.491 e. The van der Waals surface area contributed by atoms with Crippen LogP contribution in [-0.4, -0.2) is 24.3 Å². The molecule has 0 radical (unpaired) electrons. The van der Waals surface area contributed by atoms with Crippen LogP contribution in [0.4, 0.5) is 4.79 Å². The standard InChI is InChI=1S/C16H26N2O3/c1-11(2)20-14-9-7-6-8-12(14)13(10-17)18-15(19)21-16(3,4)5/h6-9,11,13H,10,17H2,1-5H3,(H,18,19). The summed E-state index contributed by atoms with van der Waals surface area (Å²) in [6.45, 7) is 9.63. The molecule has 0 bridgehead atoms. The van der Waals surface area contributed by atoms with E-state index in [2.05, 4.69) is 5.32 Å². The van der Waals surface area contributed by atoms with Crippen LogP contribution in [0.2, 0.25) is 0 Å². The van der Waals surface area contributed by atoms with Crippen molar-refractivity contribution in [3.8, 4) is 5.75 Å². The Balaban J connectivity index is 2.87. The van der Waals surface area contributed by atoms with Gasteiger partial charge in [0.2, 0.25) is 0 Å². The van der Waals surface area contributed by atoms with Crippen molar-refractivity contribution in [1.29, 1.82) is 0 Å². The van der Waals surface area contributed by atoms with Crippen molar-refractivity contribution in [2.45, 2.75) is 52.4 Å². The molecule has 1 rings (SSSR count). The van der Waals surface area contributed by atoms with Gasteiger partial charge in [-0.2, -0.15) is 0 Å². The zero-order chi connectivity index (χ0) is 16.0. The van der Waals surface area contributed by atoms with Crippen molar-refractivity contribution in [2.75, 3.05) is 6.54 Å². The van der Waals surface area contributed by atoms with Crippen LogP contribution in [-0.2, 0) is 4.74 Å². The van der Waals surface area contributed by atoms with Crippen molar-refractivity contribution in [1.82, 2.24) is 5.32 Å². The van der Waals surface area contributed by atoms with Crippen LogP contribution in [0.5, 0.6) is 5.75 Å². The first-order chi connectivity index (χ1) is 9.73. The maximum absolute atomic E-state index is 11.9. The molecule has 0 heterocycles. The lowest BCUT2D eigenvalue weighted by Crippen LogP contribution is -2.38. The number of amides is 1. The number of rotatable bonds is 5. The van der Waals surface area contributed by atoms with Crippen LogP contribution in [0.25, 0.3) is 0 Å². The summed E-state index contributed by atoms with van der Waals surface area (Å²) in [5.74, 6) is 0.721. The van der Waals surface area contributed by atoms with E-state index in [-0.39, 0.29) is 18.7 Å². The number of alkyl carbamates (subject to hydrolysis) is 1. The molecule has 0 aliphatic carbocycles. The van der Waals surface area contributed by atoms with Crippen LogP contribution in [0.15, 0.2) is 24.3 Å². The number of ether oxygens (including phenoxy) is 2. The summed E-state index contributed by atoms with van der Waals surface area (Å²) in [7, 11) is 0. The third kappa shape index (κ3) is 6.04. The molecule has 5 nitrogen and oxygen atoms in total. The Kier molecular flexibility index (Phi) is 6.03. The van der Waals surface area contributed by atoms with E-state index in [9.17, 15) is 4.79 Å². The van der Waals surface area contributed by atoms with Gasteiger partial charge in [0, 0.05) is 12.1 Å². The highest BCUT2D eigenvalue weighted by Gasteiger charge is 2.21. The fourth-order valence-electron chi connectivity index (χ4n) is 1.84. The molecule has 0 spiro atoms. The molecule has 0 aliphatic rings. The maximum Gasteiger partial charge on any atom is 0.408 e. The summed E-state index contributed by atoms with van der Waals surface area (Å²) in [5.41, 5.74) is 6.09. The first-order valence-corrected chi connectivity index (χ1v) is 7.18. The number of carbonyl (C=O) groups is 1. The predicted octanol–water partition coefficient (Wildman–Crippen LogP) is 3.00. The number of para-hydroxylation sites is 1. The number of benzene rings is 1. The molecule has 3 N–H and O–H groups in total. The summed E-state index contributed by atoms with van der Waals surface area (Å²) in [6, 6.07) is 7.20. The van der Waals surface area contributed by atoms with E-state index in [1.807, 2.05) is 58.9 Å². The molecular formula is C16H26N2O3. The molecule has 0 aliphatic heterocycles. The largest absolute Gasteiger partial charge is 0.491 e. The Morgan fingerprint density at radius 2 is 1.90 bits per heavy atom. The Morgan fingerprint density at radius 1 is 1.29 bits per heavy atom. The average Bonchev–Trinajstić information content (AvgIpc) is 2.34. The van der Waals surface area contributed by atoms with Gasteiger partial charge in [-0.3, -0.25) is 0 Å². The van der Waals surface area contributed by atoms with Gasteiger partial charge in [0.05, 0.1) is 12.1 Å². The SMILES string of the molecule is CC(C)Oc1ccccc1C(CN)NC(=O)OC(C)(C)C. The van der Waals surface area contributed by atoms with E-state index in [0.29, 0.717) is 0 Å². The smallest absolute Gasteiger partial charge is 0.408 e. The lowest BCUT2D eigenvalue weighted by molar-refractivity contribution is 0.0504. The average molecular weight is 294 g/mol. The Bertz CT molecular complexity index is 467. The van der Waals surface area contributed by atoms with Gasteiger partial charge in [-0.25, -0.2) is 4.79 Å². The highest BCUT2D eigenvalue weighted by atomic mass is 16.6. The zero-order valence-electron chi connectivity index (χ0n) is 13.5. The van der Waals surface area contributed by atoms with Crippen LogP contribution >= 0.6 is 0 Å². The van der Waals surface area contributed by atoms with Crippen molar-refractivity contribution in [3.05, 3.63) is 29.8 Å². The van der Waals surface area contributed by atoms with Crippen LogP contribution in [0.3, 0.4) is 0 Å². The topological polar surface area (TPSA) is 73.6 Å². The molecule has 0 fully saturated rings. The molecule has 0 saturated carbocycles. The molecule has 1 aromatic rings. The number of hydrogen-bond donors (Lipinski definition) is 2. The fraction of sp³-hybridized carbons (Fsp3) is 0.562. The Labute approximate surface area is 126 Å². The third-order valence-electron chi connectivity index (χ3n) is 2.58. The molecule has 0 aromatic heterocycles. The second-order valence-corrected chi connectivity index (χ2v) is 6.14. The van der Waals surface area contributed by atoms with Crippen molar-refractivity contribution in [2.24, 2.45) is 5.73 Å². The minimum atomic E-state index is -0.544. The van der Waals surface area contributed by atoms with Gasteiger partial charge in [0.15, 0.2) is 0 Å². The van der Waals surface area contributed by atoms with Gasteiger partial charge in [0.1, 0.15) is 11.4 Å². The van der Waals surface area contributed by atoms with E-state index in [0.717, 1.165) is 11.3 Å². The molecular weight excluding hydrogens is 268 g/mol. The zero-order valence-corrected chi connectivity index (χ0v) is 13.5. The summed E-state index contributed by atoms with van der Waals surface area (Å²) < 4.78 is 11.0. The van der Waals surface area contributed by atoms with Crippen molar-refractivity contribution < 1.29 is 14.3 Å². The molecule has 118 valence electrons. The van der Waals surface area contributed by atoms with E-state index in [4.69, 9.17) is 15.2 Å². The Morgan fingerprint density at radius 3 is 2.43 bits per heavy atom. The van der Waals surface area contributed by atoms with Gasteiger partial charge in [0.25, 0.3) is 0 Å². The van der Waals surface area contributed by atoms with E-state index >= 15 is 0 Å². The van der Waals surface area contributed by atoms with Crippen LogP contribution in [0, 0.1) is 0 Å². The lowest BCUT2D eigenvalue weighted by atomic mass is 10.1. The normalized spacial score (nSPS) is 12.9. The molecule has 1 aromatic carbocycles. The quantitative estimate of drug-likeness (QED) is 0.875. The molecule has 0 saturated heterocycles. The molecule has 1 unspecified atom stereocenters. The highest BCUT2D eigenvalue weighted by Crippen LogP contribution is 2.25. The van der Waals surface area contributed by atoms with Gasteiger partial charge >= 0.3 is 6.09 Å². The van der Waals surface area contributed by atoms with Gasteiger partial charge in [-0.05, 0) is 40.7 Å². The number of nitrogens with one attached hydrogen (secondary N) is 1. The molecule has 21 heavy (non-hydrogen) atoms. The number of nitrogens with two attached hydrogens (primary N) is 1. The summed E-state index contributed by atoms with van der Waals surface area (Å²) in [5, 5.41) is 2.79. The van der Waals surface area contributed by atoms with Gasteiger partial charge in [-0.1, -0.05) is 18.2 Å². The van der Waals surface area contributed by atoms with Gasteiger partial charge < -0.3 is 20.5 Å². The van der Waals surface area contributed by atoms with Crippen LogP contribution in [0.1, 0.15) is 46.2 Å². The Hall–Kier alpha value is -1.75. The van der Waals surface area contributed by atoms with Crippen molar-refractivity contribution >= 4 is 6.09 Å². The van der Waals surface area contributed by atoms with E-state index in [1.165, 1.54) is 0 Å². The predicted molar refractivity (Wildman–Crippen MR) is 83.4 cm³/mol. The third-order valence-corrected chi connectivity index (χ3v) is 2.58. The molecule has 1 amide bonds. The van der Waals surface area contributed by atoms with E-state index < -0.39 is 11.7 Å². The summed E-state index contributed by atoms with van der Waals surface area (Å²) in [4.78, 5) is 11.9.